The molecule has 0 saturated heterocycles. The number of fused-ring (bicyclic) bond motifs is 2. The fourth-order valence-electron chi connectivity index (χ4n) is 4.31. The summed E-state index contributed by atoms with van der Waals surface area (Å²) in [7, 11) is 1.76. The zero-order valence-corrected chi connectivity index (χ0v) is 16.6. The van der Waals surface area contributed by atoms with E-state index in [1.807, 2.05) is 0 Å². The SMILES string of the molecule is COc1cccc2c1CC(NCc1ccc(-c3ccc4nc[nH]c4c3)cc1)CC2. The van der Waals surface area contributed by atoms with Gasteiger partial charge in [0.2, 0.25) is 0 Å². The summed E-state index contributed by atoms with van der Waals surface area (Å²) in [5, 5.41) is 3.74. The number of methoxy groups -OCH3 is 1. The van der Waals surface area contributed by atoms with Gasteiger partial charge in [-0.1, -0.05) is 42.5 Å². The average molecular weight is 383 g/mol. The Morgan fingerprint density at radius 2 is 1.93 bits per heavy atom. The summed E-state index contributed by atoms with van der Waals surface area (Å²) < 4.78 is 5.57. The molecule has 1 aliphatic carbocycles. The van der Waals surface area contributed by atoms with Crippen LogP contribution in [0.1, 0.15) is 23.1 Å². The number of aromatic nitrogens is 2. The van der Waals surface area contributed by atoms with Crippen LogP contribution in [0.15, 0.2) is 67.0 Å². The Kier molecular flexibility index (Phi) is 4.78. The minimum atomic E-state index is 0.487. The van der Waals surface area contributed by atoms with Crippen molar-refractivity contribution in [2.45, 2.75) is 31.8 Å². The van der Waals surface area contributed by atoms with Gasteiger partial charge in [0.1, 0.15) is 5.75 Å². The summed E-state index contributed by atoms with van der Waals surface area (Å²) in [5.41, 5.74) is 8.60. The van der Waals surface area contributed by atoms with E-state index in [4.69, 9.17) is 4.74 Å². The van der Waals surface area contributed by atoms with Crippen molar-refractivity contribution in [1.82, 2.24) is 15.3 Å². The molecule has 146 valence electrons. The average Bonchev–Trinajstić information content (AvgIpc) is 3.25. The number of hydrogen-bond donors (Lipinski definition) is 2. The first-order valence-corrected chi connectivity index (χ1v) is 10.2. The van der Waals surface area contributed by atoms with Gasteiger partial charge in [-0.15, -0.1) is 0 Å². The number of aryl methyl sites for hydroxylation is 1. The number of nitrogens with zero attached hydrogens (tertiary/aromatic N) is 1. The Labute approximate surface area is 171 Å². The van der Waals surface area contributed by atoms with Gasteiger partial charge in [-0.25, -0.2) is 4.98 Å². The van der Waals surface area contributed by atoms with Crippen molar-refractivity contribution in [2.24, 2.45) is 0 Å². The molecule has 2 N–H and O–H groups in total. The standard InChI is InChI=1S/C25H25N3O/c1-29-25-4-2-3-19-9-11-21(14-22(19)25)26-15-17-5-7-18(8-6-17)20-10-12-23-24(13-20)28-16-27-23/h2-8,10,12-13,16,21,26H,9,11,14-15H2,1H3,(H,27,28). The van der Waals surface area contributed by atoms with E-state index in [1.54, 1.807) is 13.4 Å². The van der Waals surface area contributed by atoms with Crippen LogP contribution in [0, 0.1) is 0 Å². The highest BCUT2D eigenvalue weighted by Crippen LogP contribution is 2.30. The summed E-state index contributed by atoms with van der Waals surface area (Å²) in [6, 6.07) is 22.1. The van der Waals surface area contributed by atoms with Gasteiger partial charge in [0, 0.05) is 12.6 Å². The second-order valence-electron chi connectivity index (χ2n) is 7.75. The number of nitrogens with one attached hydrogen (secondary N) is 2. The molecule has 4 heteroatoms. The van der Waals surface area contributed by atoms with Gasteiger partial charge in [-0.3, -0.25) is 0 Å². The molecule has 0 saturated carbocycles. The highest BCUT2D eigenvalue weighted by atomic mass is 16.5. The lowest BCUT2D eigenvalue weighted by molar-refractivity contribution is 0.393. The van der Waals surface area contributed by atoms with E-state index in [0.717, 1.165) is 36.2 Å². The van der Waals surface area contributed by atoms with E-state index < -0.39 is 0 Å². The Morgan fingerprint density at radius 3 is 2.79 bits per heavy atom. The second-order valence-corrected chi connectivity index (χ2v) is 7.75. The molecule has 5 rings (SSSR count). The summed E-state index contributed by atoms with van der Waals surface area (Å²) in [6.45, 7) is 0.884. The van der Waals surface area contributed by atoms with E-state index in [2.05, 4.69) is 75.9 Å². The molecule has 1 aromatic heterocycles. The Bertz CT molecular complexity index is 1120. The highest BCUT2D eigenvalue weighted by molar-refractivity contribution is 5.81. The maximum absolute atomic E-state index is 5.57. The second kappa shape index (κ2) is 7.72. The van der Waals surface area contributed by atoms with Crippen molar-refractivity contribution in [1.29, 1.82) is 0 Å². The monoisotopic (exact) mass is 383 g/mol. The van der Waals surface area contributed by atoms with Gasteiger partial charge in [0.05, 0.1) is 24.5 Å². The number of ether oxygens (including phenoxy) is 1. The Morgan fingerprint density at radius 1 is 1.07 bits per heavy atom. The molecular formula is C25H25N3O. The normalized spacial score (nSPS) is 16.0. The Hall–Kier alpha value is -3.11. The van der Waals surface area contributed by atoms with Gasteiger partial charge >= 0.3 is 0 Å². The van der Waals surface area contributed by atoms with E-state index >= 15 is 0 Å². The van der Waals surface area contributed by atoms with E-state index in [9.17, 15) is 0 Å². The van der Waals surface area contributed by atoms with Crippen molar-refractivity contribution < 1.29 is 4.74 Å². The first kappa shape index (κ1) is 18.0. The van der Waals surface area contributed by atoms with Gasteiger partial charge in [0.15, 0.2) is 0 Å². The van der Waals surface area contributed by atoms with E-state index in [-0.39, 0.29) is 0 Å². The van der Waals surface area contributed by atoms with Crippen LogP contribution in [-0.4, -0.2) is 23.1 Å². The van der Waals surface area contributed by atoms with Crippen LogP contribution in [0.3, 0.4) is 0 Å². The lowest BCUT2D eigenvalue weighted by Crippen LogP contribution is -2.34. The van der Waals surface area contributed by atoms with Crippen molar-refractivity contribution in [3.8, 4) is 16.9 Å². The predicted molar refractivity (Wildman–Crippen MR) is 117 cm³/mol. The largest absolute Gasteiger partial charge is 0.496 e. The molecule has 1 aliphatic rings. The molecule has 4 nitrogen and oxygen atoms in total. The summed E-state index contributed by atoms with van der Waals surface area (Å²) in [6.07, 6.45) is 5.05. The van der Waals surface area contributed by atoms with Crippen LogP contribution in [0.5, 0.6) is 5.75 Å². The zero-order chi connectivity index (χ0) is 19.6. The molecule has 0 spiro atoms. The first-order chi connectivity index (χ1) is 14.3. The number of rotatable bonds is 5. The number of aromatic amines is 1. The lowest BCUT2D eigenvalue weighted by atomic mass is 9.87. The third kappa shape index (κ3) is 3.64. The summed E-state index contributed by atoms with van der Waals surface area (Å²) in [4.78, 5) is 7.47. The van der Waals surface area contributed by atoms with Crippen LogP contribution < -0.4 is 10.1 Å². The van der Waals surface area contributed by atoms with Crippen molar-refractivity contribution in [3.05, 3.63) is 83.7 Å². The fraction of sp³-hybridized carbons (Fsp3) is 0.240. The van der Waals surface area contributed by atoms with Crippen LogP contribution in [-0.2, 0) is 19.4 Å². The van der Waals surface area contributed by atoms with Crippen molar-refractivity contribution in [2.75, 3.05) is 7.11 Å². The van der Waals surface area contributed by atoms with Crippen LogP contribution in [0.25, 0.3) is 22.2 Å². The molecule has 0 aliphatic heterocycles. The van der Waals surface area contributed by atoms with Crippen molar-refractivity contribution in [3.63, 3.8) is 0 Å². The lowest BCUT2D eigenvalue weighted by Gasteiger charge is -2.27. The Balaban J connectivity index is 1.25. The topological polar surface area (TPSA) is 49.9 Å². The molecule has 1 unspecified atom stereocenters. The molecule has 0 radical (unpaired) electrons. The summed E-state index contributed by atoms with van der Waals surface area (Å²) >= 11 is 0. The maximum Gasteiger partial charge on any atom is 0.122 e. The number of hydrogen-bond acceptors (Lipinski definition) is 3. The third-order valence-corrected chi connectivity index (χ3v) is 5.97. The molecule has 1 atom stereocenters. The van der Waals surface area contributed by atoms with Gasteiger partial charge in [0.25, 0.3) is 0 Å². The number of imidazole rings is 1. The van der Waals surface area contributed by atoms with Crippen molar-refractivity contribution >= 4 is 11.0 Å². The predicted octanol–water partition coefficient (Wildman–Crippen LogP) is 4.89. The molecule has 29 heavy (non-hydrogen) atoms. The smallest absolute Gasteiger partial charge is 0.122 e. The quantitative estimate of drug-likeness (QED) is 0.516. The first-order valence-electron chi connectivity index (χ1n) is 10.2. The third-order valence-electron chi connectivity index (χ3n) is 5.97. The molecule has 3 aromatic carbocycles. The molecular weight excluding hydrogens is 358 g/mol. The van der Waals surface area contributed by atoms with E-state index in [1.165, 1.54) is 34.2 Å². The maximum atomic E-state index is 5.57. The van der Waals surface area contributed by atoms with Gasteiger partial charge in [-0.2, -0.15) is 0 Å². The minimum Gasteiger partial charge on any atom is -0.496 e. The summed E-state index contributed by atoms with van der Waals surface area (Å²) in [5.74, 6) is 1.02. The molecule has 0 fully saturated rings. The van der Waals surface area contributed by atoms with Gasteiger partial charge < -0.3 is 15.0 Å². The van der Waals surface area contributed by atoms with Crippen LogP contribution in [0.2, 0.25) is 0 Å². The van der Waals surface area contributed by atoms with E-state index in [0.29, 0.717) is 6.04 Å². The number of benzene rings is 3. The molecule has 0 amide bonds. The fourth-order valence-corrected chi connectivity index (χ4v) is 4.31. The van der Waals surface area contributed by atoms with Gasteiger partial charge in [-0.05, 0) is 65.3 Å². The highest BCUT2D eigenvalue weighted by Gasteiger charge is 2.21. The molecule has 0 bridgehead atoms. The molecule has 1 heterocycles. The number of H-pyrrole nitrogens is 1. The van der Waals surface area contributed by atoms with Crippen LogP contribution in [0.4, 0.5) is 0 Å². The molecule has 4 aromatic rings. The van der Waals surface area contributed by atoms with Crippen LogP contribution >= 0.6 is 0 Å². The minimum absolute atomic E-state index is 0.487. The zero-order valence-electron chi connectivity index (χ0n) is 16.6.